The van der Waals surface area contributed by atoms with E-state index < -0.39 is 17.9 Å². The molecule has 5 nitrogen and oxygen atoms in total. The number of unbranched alkanes of at least 4 members (excludes halogenated alkanes) is 1. The van der Waals surface area contributed by atoms with Crippen LogP contribution in [0.3, 0.4) is 0 Å². The molecule has 0 atom stereocenters. The van der Waals surface area contributed by atoms with Gasteiger partial charge in [0.15, 0.2) is 0 Å². The van der Waals surface area contributed by atoms with Gasteiger partial charge in [0, 0.05) is 0 Å². The Labute approximate surface area is 139 Å². The summed E-state index contributed by atoms with van der Waals surface area (Å²) < 4.78 is 4.89. The summed E-state index contributed by atoms with van der Waals surface area (Å²) in [4.78, 5) is 35.9. The van der Waals surface area contributed by atoms with Crippen molar-refractivity contribution in [3.63, 3.8) is 0 Å². The molecule has 24 heavy (non-hydrogen) atoms. The standard InChI is InChI=1S/C19H18O5/c1-2-3-8-13-11-7-12-15(17(20)21)16(13)19(23)24-18(22)14-9-5-4-6-10-14/h4-7,9-12H,2-3,8H2,1H3,(H,20,21). The van der Waals surface area contributed by atoms with Gasteiger partial charge >= 0.3 is 17.9 Å². The Morgan fingerprint density at radius 3 is 2.29 bits per heavy atom. The summed E-state index contributed by atoms with van der Waals surface area (Å²) in [7, 11) is 0. The molecule has 0 saturated heterocycles. The number of carboxylic acid groups (broad SMARTS) is 1. The fourth-order valence-electron chi connectivity index (χ4n) is 2.36. The van der Waals surface area contributed by atoms with Crippen molar-refractivity contribution in [2.75, 3.05) is 0 Å². The van der Waals surface area contributed by atoms with Crippen LogP contribution >= 0.6 is 0 Å². The summed E-state index contributed by atoms with van der Waals surface area (Å²) in [5.41, 5.74) is 0.591. The van der Waals surface area contributed by atoms with Crippen LogP contribution in [0.2, 0.25) is 0 Å². The van der Waals surface area contributed by atoms with E-state index in [1.165, 1.54) is 18.2 Å². The Bertz CT molecular complexity index is 750. The van der Waals surface area contributed by atoms with Crippen LogP contribution in [0.25, 0.3) is 0 Å². The van der Waals surface area contributed by atoms with Crippen LogP contribution in [-0.2, 0) is 11.2 Å². The maximum atomic E-state index is 12.4. The minimum absolute atomic E-state index is 0.0530. The molecule has 0 aliphatic rings. The Hall–Kier alpha value is -2.95. The number of aromatic carboxylic acids is 1. The topological polar surface area (TPSA) is 80.7 Å². The van der Waals surface area contributed by atoms with E-state index in [4.69, 9.17) is 4.74 Å². The van der Waals surface area contributed by atoms with Crippen LogP contribution in [0.1, 0.15) is 56.4 Å². The van der Waals surface area contributed by atoms with E-state index in [2.05, 4.69) is 0 Å². The third-order valence-electron chi connectivity index (χ3n) is 3.58. The number of carboxylic acids is 1. The monoisotopic (exact) mass is 326 g/mol. The summed E-state index contributed by atoms with van der Waals surface area (Å²) in [5, 5.41) is 9.32. The first-order chi connectivity index (χ1) is 11.5. The third-order valence-corrected chi connectivity index (χ3v) is 3.58. The number of carbonyl (C=O) groups excluding carboxylic acids is 2. The molecule has 5 heteroatoms. The summed E-state index contributed by atoms with van der Waals surface area (Å²) in [6, 6.07) is 12.7. The van der Waals surface area contributed by atoms with E-state index in [0.29, 0.717) is 12.0 Å². The van der Waals surface area contributed by atoms with Gasteiger partial charge in [0.05, 0.1) is 16.7 Å². The van der Waals surface area contributed by atoms with Gasteiger partial charge in [-0.15, -0.1) is 0 Å². The first-order valence-corrected chi connectivity index (χ1v) is 7.71. The fourth-order valence-corrected chi connectivity index (χ4v) is 2.36. The van der Waals surface area contributed by atoms with E-state index in [1.807, 2.05) is 6.92 Å². The fraction of sp³-hybridized carbons (Fsp3) is 0.211. The summed E-state index contributed by atoms with van der Waals surface area (Å²) in [6.45, 7) is 2.00. The lowest BCUT2D eigenvalue weighted by molar-refractivity contribution is 0.0391. The molecule has 0 aliphatic carbocycles. The van der Waals surface area contributed by atoms with Crippen LogP contribution in [-0.4, -0.2) is 23.0 Å². The Morgan fingerprint density at radius 1 is 0.958 bits per heavy atom. The third kappa shape index (κ3) is 4.07. The molecule has 0 fully saturated rings. The molecule has 0 spiro atoms. The zero-order valence-electron chi connectivity index (χ0n) is 13.3. The molecule has 2 rings (SSSR count). The molecule has 0 saturated carbocycles. The number of esters is 2. The number of rotatable bonds is 6. The van der Waals surface area contributed by atoms with Gasteiger partial charge in [-0.25, -0.2) is 14.4 Å². The predicted octanol–water partition coefficient (Wildman–Crippen LogP) is 3.72. The minimum atomic E-state index is -1.23. The average Bonchev–Trinajstić information content (AvgIpc) is 2.60. The second-order valence-electron chi connectivity index (χ2n) is 5.29. The zero-order chi connectivity index (χ0) is 17.5. The number of aryl methyl sites for hydroxylation is 1. The van der Waals surface area contributed by atoms with Gasteiger partial charge in [-0.1, -0.05) is 43.7 Å². The zero-order valence-corrected chi connectivity index (χ0v) is 13.3. The maximum absolute atomic E-state index is 12.4. The predicted molar refractivity (Wildman–Crippen MR) is 88.2 cm³/mol. The van der Waals surface area contributed by atoms with Crippen molar-refractivity contribution in [3.8, 4) is 0 Å². The highest BCUT2D eigenvalue weighted by Gasteiger charge is 2.24. The van der Waals surface area contributed by atoms with Crippen LogP contribution < -0.4 is 0 Å². The van der Waals surface area contributed by atoms with Gasteiger partial charge in [0.25, 0.3) is 0 Å². The molecule has 1 N–H and O–H groups in total. The van der Waals surface area contributed by atoms with Crippen molar-refractivity contribution in [2.45, 2.75) is 26.2 Å². The molecule has 2 aromatic carbocycles. The lowest BCUT2D eigenvalue weighted by atomic mass is 9.97. The molecular weight excluding hydrogens is 308 g/mol. The Morgan fingerprint density at radius 2 is 1.67 bits per heavy atom. The molecule has 0 aromatic heterocycles. The van der Waals surface area contributed by atoms with E-state index in [0.717, 1.165) is 12.8 Å². The van der Waals surface area contributed by atoms with Crippen LogP contribution in [0.15, 0.2) is 48.5 Å². The highest BCUT2D eigenvalue weighted by molar-refractivity contribution is 6.08. The van der Waals surface area contributed by atoms with Crippen LogP contribution in [0, 0.1) is 0 Å². The largest absolute Gasteiger partial charge is 0.478 e. The number of ether oxygens (including phenoxy) is 1. The van der Waals surface area contributed by atoms with E-state index in [9.17, 15) is 19.5 Å². The second kappa shape index (κ2) is 8.06. The van der Waals surface area contributed by atoms with Crippen molar-refractivity contribution in [2.24, 2.45) is 0 Å². The van der Waals surface area contributed by atoms with Crippen molar-refractivity contribution in [1.29, 1.82) is 0 Å². The molecule has 0 radical (unpaired) electrons. The van der Waals surface area contributed by atoms with Crippen molar-refractivity contribution >= 4 is 17.9 Å². The minimum Gasteiger partial charge on any atom is -0.478 e. The van der Waals surface area contributed by atoms with Crippen molar-refractivity contribution in [1.82, 2.24) is 0 Å². The van der Waals surface area contributed by atoms with Gasteiger partial charge in [0.2, 0.25) is 0 Å². The Kier molecular flexibility index (Phi) is 5.84. The summed E-state index contributed by atoms with van der Waals surface area (Å²) in [6.07, 6.45) is 2.24. The first kappa shape index (κ1) is 17.4. The van der Waals surface area contributed by atoms with Gasteiger partial charge in [-0.05, 0) is 36.6 Å². The smallest absolute Gasteiger partial charge is 0.347 e. The normalized spacial score (nSPS) is 10.2. The van der Waals surface area contributed by atoms with Crippen LogP contribution in [0.5, 0.6) is 0 Å². The highest BCUT2D eigenvalue weighted by atomic mass is 16.6. The van der Waals surface area contributed by atoms with Gasteiger partial charge in [0.1, 0.15) is 0 Å². The average molecular weight is 326 g/mol. The Balaban J connectivity index is 2.33. The molecule has 0 amide bonds. The molecule has 0 heterocycles. The SMILES string of the molecule is CCCCc1cccc(C(=O)O)c1C(=O)OC(=O)c1ccccc1. The molecule has 2 aromatic rings. The van der Waals surface area contributed by atoms with Gasteiger partial charge in [-0.2, -0.15) is 0 Å². The molecule has 0 bridgehead atoms. The molecule has 124 valence electrons. The lowest BCUT2D eigenvalue weighted by Crippen LogP contribution is -2.18. The highest BCUT2D eigenvalue weighted by Crippen LogP contribution is 2.19. The number of carbonyl (C=O) groups is 3. The maximum Gasteiger partial charge on any atom is 0.347 e. The molecule has 0 unspecified atom stereocenters. The molecular formula is C19H18O5. The lowest BCUT2D eigenvalue weighted by Gasteiger charge is -2.11. The van der Waals surface area contributed by atoms with Gasteiger partial charge in [-0.3, -0.25) is 0 Å². The second-order valence-corrected chi connectivity index (χ2v) is 5.29. The number of hydrogen-bond acceptors (Lipinski definition) is 4. The summed E-state index contributed by atoms with van der Waals surface area (Å²) in [5.74, 6) is -2.97. The number of hydrogen-bond donors (Lipinski definition) is 1. The number of benzene rings is 2. The van der Waals surface area contributed by atoms with E-state index in [-0.39, 0.29) is 16.7 Å². The van der Waals surface area contributed by atoms with E-state index >= 15 is 0 Å². The van der Waals surface area contributed by atoms with Gasteiger partial charge < -0.3 is 9.84 Å². The van der Waals surface area contributed by atoms with Crippen LogP contribution in [0.4, 0.5) is 0 Å². The van der Waals surface area contributed by atoms with E-state index in [1.54, 1.807) is 30.3 Å². The summed E-state index contributed by atoms with van der Waals surface area (Å²) >= 11 is 0. The first-order valence-electron chi connectivity index (χ1n) is 7.71. The quantitative estimate of drug-likeness (QED) is 0.646. The van der Waals surface area contributed by atoms with Crippen molar-refractivity contribution in [3.05, 3.63) is 70.8 Å². The van der Waals surface area contributed by atoms with Crippen molar-refractivity contribution < 1.29 is 24.2 Å². The molecule has 0 aliphatic heterocycles.